The number of anilines is 1. The highest BCUT2D eigenvalue weighted by atomic mass is 32.1. The zero-order chi connectivity index (χ0) is 11.1. The molecule has 0 atom stereocenters. The molecule has 0 bridgehead atoms. The summed E-state index contributed by atoms with van der Waals surface area (Å²) in [7, 11) is 0. The van der Waals surface area contributed by atoms with Crippen molar-refractivity contribution in [3.05, 3.63) is 16.8 Å². The maximum Gasteiger partial charge on any atom is 0.230 e. The molecule has 5 heteroatoms. The average molecular weight is 235 g/mol. The smallest absolute Gasteiger partial charge is 0.230 e. The maximum absolute atomic E-state index is 5.81. The first-order valence-electron chi connectivity index (χ1n) is 5.44. The Bertz CT molecular complexity index is 494. The molecule has 2 aromatic heterocycles. The first kappa shape index (κ1) is 9.84. The van der Waals surface area contributed by atoms with Crippen molar-refractivity contribution >= 4 is 17.0 Å². The van der Waals surface area contributed by atoms with E-state index in [4.69, 9.17) is 10.3 Å². The molecule has 2 N–H and O–H groups in total. The van der Waals surface area contributed by atoms with E-state index in [2.05, 4.69) is 10.1 Å². The summed E-state index contributed by atoms with van der Waals surface area (Å²) in [6.45, 7) is 2.00. The quantitative estimate of drug-likeness (QED) is 0.869. The highest BCUT2D eigenvalue weighted by molar-refractivity contribution is 7.15. The molecule has 0 aliphatic heterocycles. The minimum Gasteiger partial charge on any atom is -0.398 e. The van der Waals surface area contributed by atoms with Crippen molar-refractivity contribution in [3.8, 4) is 10.7 Å². The number of aryl methyl sites for hydroxylation is 1. The number of nitrogen functional groups attached to an aromatic ring is 1. The minimum absolute atomic E-state index is 0.486. The van der Waals surface area contributed by atoms with Crippen LogP contribution < -0.4 is 5.73 Å². The molecule has 0 spiro atoms. The van der Waals surface area contributed by atoms with Crippen molar-refractivity contribution in [1.29, 1.82) is 0 Å². The predicted molar refractivity (Wildman–Crippen MR) is 63.4 cm³/mol. The van der Waals surface area contributed by atoms with Gasteiger partial charge in [-0.05, 0) is 25.8 Å². The van der Waals surface area contributed by atoms with E-state index < -0.39 is 0 Å². The van der Waals surface area contributed by atoms with Crippen LogP contribution in [-0.4, -0.2) is 10.1 Å². The van der Waals surface area contributed by atoms with Crippen LogP contribution in [0.25, 0.3) is 10.7 Å². The largest absolute Gasteiger partial charge is 0.398 e. The lowest BCUT2D eigenvalue weighted by Gasteiger charge is -2.20. The molecule has 1 aliphatic carbocycles. The maximum atomic E-state index is 5.81. The Morgan fingerprint density at radius 2 is 2.31 bits per heavy atom. The van der Waals surface area contributed by atoms with Crippen LogP contribution in [0.2, 0.25) is 0 Å². The first-order chi connectivity index (χ1) is 7.74. The molecular formula is C11H13N3OS. The summed E-state index contributed by atoms with van der Waals surface area (Å²) in [6, 6.07) is 1.91. The monoisotopic (exact) mass is 235 g/mol. The Kier molecular flexibility index (Phi) is 2.21. The summed E-state index contributed by atoms with van der Waals surface area (Å²) in [6.07, 6.45) is 3.62. The van der Waals surface area contributed by atoms with E-state index >= 15 is 0 Å². The number of hydrogen-bond donors (Lipinski definition) is 1. The second-order valence-corrected chi connectivity index (χ2v) is 5.46. The molecule has 0 radical (unpaired) electrons. The number of hydrogen-bond acceptors (Lipinski definition) is 5. The normalized spacial score (nSPS) is 16.3. The Morgan fingerprint density at radius 3 is 2.88 bits per heavy atom. The Balaban J connectivity index is 1.91. The number of nitrogens with zero attached hydrogens (tertiary/aromatic N) is 2. The number of rotatable bonds is 2. The highest BCUT2D eigenvalue weighted by Gasteiger charge is 2.25. The Labute approximate surface area is 97.5 Å². The van der Waals surface area contributed by atoms with Gasteiger partial charge in [-0.2, -0.15) is 4.98 Å². The molecular weight excluding hydrogens is 222 g/mol. The van der Waals surface area contributed by atoms with Gasteiger partial charge >= 0.3 is 0 Å². The molecule has 1 fully saturated rings. The van der Waals surface area contributed by atoms with Gasteiger partial charge in [0, 0.05) is 16.5 Å². The standard InChI is InChI=1S/C11H13N3OS/c1-6-8(12)5-9(16-6)10-13-11(15-14-10)7-3-2-4-7/h5,7H,2-4,12H2,1H3. The van der Waals surface area contributed by atoms with Gasteiger partial charge in [-0.3, -0.25) is 0 Å². The van der Waals surface area contributed by atoms with E-state index in [0.717, 1.165) is 21.3 Å². The van der Waals surface area contributed by atoms with Crippen LogP contribution in [0.3, 0.4) is 0 Å². The molecule has 0 amide bonds. The fraction of sp³-hybridized carbons (Fsp3) is 0.455. The zero-order valence-electron chi connectivity index (χ0n) is 9.06. The fourth-order valence-corrected chi connectivity index (χ4v) is 2.63. The van der Waals surface area contributed by atoms with Crippen molar-refractivity contribution in [1.82, 2.24) is 10.1 Å². The molecule has 0 saturated heterocycles. The Hall–Kier alpha value is -1.36. The van der Waals surface area contributed by atoms with Crippen LogP contribution in [0.5, 0.6) is 0 Å². The number of aromatic nitrogens is 2. The SMILES string of the molecule is Cc1sc(-c2noc(C3CCC3)n2)cc1N. The summed E-state index contributed by atoms with van der Waals surface area (Å²) >= 11 is 1.61. The van der Waals surface area contributed by atoms with Crippen molar-refractivity contribution in [3.63, 3.8) is 0 Å². The van der Waals surface area contributed by atoms with Crippen molar-refractivity contribution in [2.45, 2.75) is 32.1 Å². The zero-order valence-corrected chi connectivity index (χ0v) is 9.88. The van der Waals surface area contributed by atoms with Gasteiger partial charge < -0.3 is 10.3 Å². The van der Waals surface area contributed by atoms with Crippen LogP contribution >= 0.6 is 11.3 Å². The summed E-state index contributed by atoms with van der Waals surface area (Å²) in [5.74, 6) is 1.94. The fourth-order valence-electron chi connectivity index (χ4n) is 1.76. The van der Waals surface area contributed by atoms with Crippen LogP contribution in [0, 0.1) is 6.92 Å². The third-order valence-corrected chi connectivity index (χ3v) is 4.13. The summed E-state index contributed by atoms with van der Waals surface area (Å²) in [4.78, 5) is 6.53. The molecule has 0 unspecified atom stereocenters. The van der Waals surface area contributed by atoms with Gasteiger partial charge in [0.05, 0.1) is 4.88 Å². The summed E-state index contributed by atoms with van der Waals surface area (Å²) < 4.78 is 5.28. The van der Waals surface area contributed by atoms with E-state index in [0.29, 0.717) is 11.7 Å². The predicted octanol–water partition coefficient (Wildman–Crippen LogP) is 2.96. The van der Waals surface area contributed by atoms with Gasteiger partial charge in [0.2, 0.25) is 11.7 Å². The lowest BCUT2D eigenvalue weighted by molar-refractivity contribution is 0.292. The van der Waals surface area contributed by atoms with E-state index in [1.165, 1.54) is 19.3 Å². The van der Waals surface area contributed by atoms with Crippen molar-refractivity contribution in [2.24, 2.45) is 0 Å². The topological polar surface area (TPSA) is 64.9 Å². The van der Waals surface area contributed by atoms with Gasteiger partial charge in [-0.15, -0.1) is 11.3 Å². The molecule has 1 aliphatic rings. The van der Waals surface area contributed by atoms with Gasteiger partial charge in [0.25, 0.3) is 0 Å². The lowest BCUT2D eigenvalue weighted by atomic mass is 9.85. The molecule has 2 aromatic rings. The molecule has 3 rings (SSSR count). The molecule has 4 nitrogen and oxygen atoms in total. The molecule has 2 heterocycles. The molecule has 16 heavy (non-hydrogen) atoms. The van der Waals surface area contributed by atoms with Crippen molar-refractivity contribution in [2.75, 3.05) is 5.73 Å². The molecule has 0 aromatic carbocycles. The first-order valence-corrected chi connectivity index (χ1v) is 6.25. The van der Waals surface area contributed by atoms with Crippen LogP contribution in [0.1, 0.15) is 35.9 Å². The second kappa shape index (κ2) is 3.59. The lowest BCUT2D eigenvalue weighted by Crippen LogP contribution is -2.08. The Morgan fingerprint density at radius 1 is 1.50 bits per heavy atom. The van der Waals surface area contributed by atoms with Crippen LogP contribution in [0.15, 0.2) is 10.6 Å². The molecule has 84 valence electrons. The third-order valence-electron chi connectivity index (χ3n) is 3.07. The van der Waals surface area contributed by atoms with Crippen molar-refractivity contribution < 1.29 is 4.52 Å². The van der Waals surface area contributed by atoms with Gasteiger partial charge in [-0.1, -0.05) is 11.6 Å². The highest BCUT2D eigenvalue weighted by Crippen LogP contribution is 2.37. The summed E-state index contributed by atoms with van der Waals surface area (Å²) in [5, 5.41) is 4.01. The number of thiophene rings is 1. The van der Waals surface area contributed by atoms with Gasteiger partial charge in [0.15, 0.2) is 0 Å². The van der Waals surface area contributed by atoms with E-state index in [1.807, 2.05) is 13.0 Å². The number of nitrogens with two attached hydrogens (primary N) is 1. The van der Waals surface area contributed by atoms with E-state index in [9.17, 15) is 0 Å². The van der Waals surface area contributed by atoms with Gasteiger partial charge in [-0.25, -0.2) is 0 Å². The second-order valence-electron chi connectivity index (χ2n) is 4.21. The van der Waals surface area contributed by atoms with E-state index in [1.54, 1.807) is 11.3 Å². The van der Waals surface area contributed by atoms with Gasteiger partial charge in [0.1, 0.15) is 0 Å². The minimum atomic E-state index is 0.486. The van der Waals surface area contributed by atoms with E-state index in [-0.39, 0.29) is 0 Å². The van der Waals surface area contributed by atoms with Crippen LogP contribution in [0.4, 0.5) is 5.69 Å². The third kappa shape index (κ3) is 1.51. The average Bonchev–Trinajstić information content (AvgIpc) is 2.73. The summed E-state index contributed by atoms with van der Waals surface area (Å²) in [5.41, 5.74) is 6.61. The molecule has 1 saturated carbocycles. The van der Waals surface area contributed by atoms with Crippen LogP contribution in [-0.2, 0) is 0 Å².